The van der Waals surface area contributed by atoms with Gasteiger partial charge >= 0.3 is 5.97 Å². The number of hydrogen-bond donors (Lipinski definition) is 1. The summed E-state index contributed by atoms with van der Waals surface area (Å²) in [4.78, 5) is 13.6. The second-order valence-corrected chi connectivity index (χ2v) is 9.18. The highest BCUT2D eigenvalue weighted by Crippen LogP contribution is 2.33. The maximum Gasteiger partial charge on any atom is 0.333 e. The topological polar surface area (TPSA) is 81.8 Å². The predicted molar refractivity (Wildman–Crippen MR) is 132 cm³/mol. The van der Waals surface area contributed by atoms with Gasteiger partial charge in [-0.25, -0.2) is 4.79 Å². The van der Waals surface area contributed by atoms with Gasteiger partial charge in [0.1, 0.15) is 12.4 Å². The minimum Gasteiger partial charge on any atom is -0.488 e. The van der Waals surface area contributed by atoms with E-state index in [0.29, 0.717) is 19.6 Å². The van der Waals surface area contributed by atoms with Crippen molar-refractivity contribution in [3.8, 4) is 27.5 Å². The molecule has 2 aromatic carbocycles. The van der Waals surface area contributed by atoms with Gasteiger partial charge in [-0.3, -0.25) is 0 Å². The van der Waals surface area contributed by atoms with Gasteiger partial charge < -0.3 is 19.1 Å². The van der Waals surface area contributed by atoms with E-state index in [1.54, 1.807) is 18.3 Å². The second-order valence-electron chi connectivity index (χ2n) is 8.05. The molecular weight excluding hydrogens is 450 g/mol. The molecule has 4 rings (SSSR count). The molecule has 0 aliphatic rings. The molecule has 0 bridgehead atoms. The first-order chi connectivity index (χ1) is 16.4. The number of hydrogen-bond acceptors (Lipinski definition) is 6. The van der Waals surface area contributed by atoms with Gasteiger partial charge in [-0.1, -0.05) is 41.6 Å². The highest BCUT2D eigenvalue weighted by molar-refractivity contribution is 7.15. The van der Waals surface area contributed by atoms with Crippen LogP contribution in [0.4, 0.5) is 0 Å². The molecule has 176 valence electrons. The lowest BCUT2D eigenvalue weighted by Gasteiger charge is -2.13. The quantitative estimate of drug-likeness (QED) is 0.289. The van der Waals surface area contributed by atoms with Gasteiger partial charge in [0.25, 0.3) is 0 Å². The van der Waals surface area contributed by atoms with Crippen molar-refractivity contribution in [3.05, 3.63) is 82.4 Å². The largest absolute Gasteiger partial charge is 0.488 e. The number of carboxylic acids is 1. The predicted octanol–water partition coefficient (Wildman–Crippen LogP) is 6.30. The van der Waals surface area contributed by atoms with Gasteiger partial charge in [-0.15, -0.1) is 11.3 Å². The molecule has 34 heavy (non-hydrogen) atoms. The van der Waals surface area contributed by atoms with Crippen LogP contribution < -0.4 is 4.74 Å². The summed E-state index contributed by atoms with van der Waals surface area (Å²) in [6.07, 6.45) is -0.510. The van der Waals surface area contributed by atoms with E-state index < -0.39 is 12.1 Å². The molecule has 0 saturated carbocycles. The van der Waals surface area contributed by atoms with E-state index in [9.17, 15) is 9.90 Å². The van der Waals surface area contributed by atoms with Crippen LogP contribution in [-0.4, -0.2) is 28.9 Å². The summed E-state index contributed by atoms with van der Waals surface area (Å²) in [5.41, 5.74) is 5.09. The summed E-state index contributed by atoms with van der Waals surface area (Å²) in [6.45, 7) is 6.63. The molecule has 1 atom stereocenters. The average Bonchev–Trinajstić information content (AvgIpc) is 3.43. The fourth-order valence-electron chi connectivity index (χ4n) is 3.61. The number of nitrogens with zero attached hydrogens (tertiary/aromatic N) is 1. The fourth-order valence-corrected chi connectivity index (χ4v) is 4.70. The number of rotatable bonds is 10. The molecule has 4 aromatic rings. The zero-order valence-corrected chi connectivity index (χ0v) is 20.2. The molecule has 0 amide bonds. The summed E-state index contributed by atoms with van der Waals surface area (Å²) in [5, 5.41) is 13.2. The van der Waals surface area contributed by atoms with Gasteiger partial charge in [0, 0.05) is 34.4 Å². The highest BCUT2D eigenvalue weighted by Gasteiger charge is 2.18. The average molecular weight is 478 g/mol. The van der Waals surface area contributed by atoms with Crippen LogP contribution in [0.15, 0.2) is 65.2 Å². The molecule has 2 heterocycles. The molecule has 6 nitrogen and oxygen atoms in total. The van der Waals surface area contributed by atoms with Crippen molar-refractivity contribution in [1.82, 2.24) is 5.16 Å². The highest BCUT2D eigenvalue weighted by atomic mass is 32.1. The molecule has 0 radical (unpaired) electrons. The third kappa shape index (κ3) is 5.73. The Kier molecular flexibility index (Phi) is 7.45. The first-order valence-corrected chi connectivity index (χ1v) is 11.9. The Labute approximate surface area is 202 Å². The van der Waals surface area contributed by atoms with E-state index in [-0.39, 0.29) is 0 Å². The van der Waals surface area contributed by atoms with Crippen LogP contribution in [-0.2, 0) is 22.6 Å². The van der Waals surface area contributed by atoms with Crippen LogP contribution in [0, 0.1) is 13.8 Å². The Morgan fingerprint density at radius 1 is 1.06 bits per heavy atom. The lowest BCUT2D eigenvalue weighted by atomic mass is 10.1. The van der Waals surface area contributed by atoms with E-state index in [1.165, 1.54) is 10.4 Å². The fraction of sp³-hybridized carbons (Fsp3) is 0.259. The number of benzene rings is 2. The number of aliphatic carboxylic acids is 1. The Morgan fingerprint density at radius 3 is 2.38 bits per heavy atom. The van der Waals surface area contributed by atoms with E-state index in [1.807, 2.05) is 49.4 Å². The van der Waals surface area contributed by atoms with E-state index in [0.717, 1.165) is 38.8 Å². The molecule has 0 saturated heterocycles. The Hall–Kier alpha value is -3.42. The lowest BCUT2D eigenvalue weighted by Crippen LogP contribution is -2.26. The van der Waals surface area contributed by atoms with Crippen molar-refractivity contribution in [2.24, 2.45) is 0 Å². The number of aryl methyl sites for hydroxylation is 2. The third-order valence-corrected chi connectivity index (χ3v) is 6.72. The molecule has 0 spiro atoms. The van der Waals surface area contributed by atoms with Crippen LogP contribution in [0.1, 0.15) is 28.6 Å². The first-order valence-electron chi connectivity index (χ1n) is 11.1. The van der Waals surface area contributed by atoms with Crippen molar-refractivity contribution in [1.29, 1.82) is 0 Å². The van der Waals surface area contributed by atoms with Crippen molar-refractivity contribution in [2.75, 3.05) is 6.61 Å². The maximum atomic E-state index is 11.3. The van der Waals surface area contributed by atoms with Crippen LogP contribution in [0.3, 0.4) is 0 Å². The first kappa shape index (κ1) is 23.7. The molecular formula is C27H27NO5S. The van der Waals surface area contributed by atoms with Crippen molar-refractivity contribution < 1.29 is 23.9 Å². The monoisotopic (exact) mass is 477 g/mol. The number of ether oxygens (including phenoxy) is 2. The number of carbonyl (C=O) groups is 1. The van der Waals surface area contributed by atoms with E-state index in [2.05, 4.69) is 30.3 Å². The summed E-state index contributed by atoms with van der Waals surface area (Å²) in [7, 11) is 0. The summed E-state index contributed by atoms with van der Waals surface area (Å²) < 4.78 is 16.6. The van der Waals surface area contributed by atoms with Crippen LogP contribution >= 0.6 is 11.3 Å². The van der Waals surface area contributed by atoms with Crippen LogP contribution in [0.2, 0.25) is 0 Å². The third-order valence-electron chi connectivity index (χ3n) is 5.46. The van der Waals surface area contributed by atoms with E-state index >= 15 is 0 Å². The summed E-state index contributed by atoms with van der Waals surface area (Å²) >= 11 is 1.72. The molecule has 2 aromatic heterocycles. The van der Waals surface area contributed by atoms with Gasteiger partial charge in [-0.2, -0.15) is 0 Å². The second kappa shape index (κ2) is 10.7. The normalized spacial score (nSPS) is 12.0. The minimum absolute atomic E-state index is 0.325. The lowest BCUT2D eigenvalue weighted by molar-refractivity contribution is -0.149. The zero-order chi connectivity index (χ0) is 24.1. The molecule has 0 unspecified atom stereocenters. The van der Waals surface area contributed by atoms with Crippen molar-refractivity contribution >= 4 is 17.3 Å². The van der Waals surface area contributed by atoms with Crippen LogP contribution in [0.25, 0.3) is 21.8 Å². The number of thiophene rings is 1. The Morgan fingerprint density at radius 2 is 1.76 bits per heavy atom. The summed E-state index contributed by atoms with van der Waals surface area (Å²) in [5.74, 6) is 0.560. The molecule has 0 aliphatic heterocycles. The molecule has 1 N–H and O–H groups in total. The van der Waals surface area contributed by atoms with E-state index in [4.69, 9.17) is 14.0 Å². The minimum atomic E-state index is -0.950. The van der Waals surface area contributed by atoms with Crippen molar-refractivity contribution in [2.45, 2.75) is 39.9 Å². The zero-order valence-electron chi connectivity index (χ0n) is 19.4. The SMILES string of the molecule is CCO[C@@H](Cc1ccc(OCc2sc(-c3ccc(-c4cc(C)no4)cc3)cc2C)cc1)C(=O)O. The number of carboxylic acid groups (broad SMARTS) is 1. The van der Waals surface area contributed by atoms with Gasteiger partial charge in [0.2, 0.25) is 0 Å². The number of aromatic nitrogens is 1. The Bertz CT molecular complexity index is 1240. The molecule has 7 heteroatoms. The summed E-state index contributed by atoms with van der Waals surface area (Å²) in [6, 6.07) is 19.9. The van der Waals surface area contributed by atoms with Gasteiger partial charge in [0.05, 0.1) is 5.69 Å². The smallest absolute Gasteiger partial charge is 0.333 e. The maximum absolute atomic E-state index is 11.3. The van der Waals surface area contributed by atoms with Gasteiger partial charge in [-0.05, 0) is 55.7 Å². The van der Waals surface area contributed by atoms with Gasteiger partial charge in [0.15, 0.2) is 11.9 Å². The molecule has 0 fully saturated rings. The van der Waals surface area contributed by atoms with Crippen molar-refractivity contribution in [3.63, 3.8) is 0 Å². The van der Waals surface area contributed by atoms with Crippen LogP contribution in [0.5, 0.6) is 5.75 Å². The standard InChI is InChI=1S/C27H27NO5S/c1-4-31-24(27(29)30)15-19-5-11-22(12-6-19)32-16-26-17(2)13-25(34-26)21-9-7-20(8-10-21)23-14-18(3)28-33-23/h5-14,24H,4,15-16H2,1-3H3,(H,29,30)/t24-/m0/s1. The molecule has 0 aliphatic carbocycles. The Balaban J connectivity index is 1.38.